The molecule has 1 saturated carbocycles. The summed E-state index contributed by atoms with van der Waals surface area (Å²) >= 11 is 0. The second kappa shape index (κ2) is 6.39. The smallest absolute Gasteiger partial charge is 0.224 e. The Morgan fingerprint density at radius 2 is 2.05 bits per heavy atom. The molecule has 1 aromatic heterocycles. The maximum absolute atomic E-state index is 9.81. The lowest BCUT2D eigenvalue weighted by Crippen LogP contribution is -2.45. The van der Waals surface area contributed by atoms with Crippen molar-refractivity contribution in [2.45, 2.75) is 52.0 Å². The number of hydrogen-bond acceptors (Lipinski definition) is 5. The first-order valence-electron chi connectivity index (χ1n) is 7.55. The van der Waals surface area contributed by atoms with E-state index < -0.39 is 0 Å². The van der Waals surface area contributed by atoms with Crippen LogP contribution in [0.5, 0.6) is 0 Å². The van der Waals surface area contributed by atoms with Crippen LogP contribution in [0.4, 0.5) is 11.8 Å². The van der Waals surface area contributed by atoms with Crippen molar-refractivity contribution in [1.82, 2.24) is 9.97 Å². The highest BCUT2D eigenvalue weighted by Crippen LogP contribution is 2.34. The third-order valence-corrected chi connectivity index (χ3v) is 4.12. The van der Waals surface area contributed by atoms with E-state index in [1.165, 1.54) is 0 Å². The van der Waals surface area contributed by atoms with E-state index in [0.29, 0.717) is 5.95 Å². The molecule has 1 fully saturated rings. The second-order valence-electron chi connectivity index (χ2n) is 5.99. The van der Waals surface area contributed by atoms with E-state index in [1.54, 1.807) is 0 Å². The summed E-state index contributed by atoms with van der Waals surface area (Å²) in [6.45, 7) is 7.21. The number of aryl methyl sites for hydroxylation is 1. The van der Waals surface area contributed by atoms with Gasteiger partial charge in [0.15, 0.2) is 0 Å². The first-order valence-corrected chi connectivity index (χ1v) is 7.55. The summed E-state index contributed by atoms with van der Waals surface area (Å²) in [4.78, 5) is 8.84. The van der Waals surface area contributed by atoms with Crippen LogP contribution in [0.1, 0.15) is 45.2 Å². The normalized spacial score (nSPS) is 26.3. The Morgan fingerprint density at radius 1 is 1.35 bits per heavy atom. The van der Waals surface area contributed by atoms with Gasteiger partial charge in [-0.15, -0.1) is 0 Å². The fourth-order valence-electron chi connectivity index (χ4n) is 2.78. The number of aromatic nitrogens is 2. The van der Waals surface area contributed by atoms with E-state index in [9.17, 15) is 5.11 Å². The first-order chi connectivity index (χ1) is 9.57. The molecular weight excluding hydrogens is 252 g/mol. The maximum Gasteiger partial charge on any atom is 0.224 e. The van der Waals surface area contributed by atoms with Crippen molar-refractivity contribution in [2.75, 3.05) is 23.8 Å². The third kappa shape index (κ3) is 3.60. The van der Waals surface area contributed by atoms with Crippen LogP contribution in [0, 0.1) is 12.8 Å². The van der Waals surface area contributed by atoms with Gasteiger partial charge in [-0.1, -0.05) is 6.92 Å². The minimum absolute atomic E-state index is 0.152. The molecule has 20 heavy (non-hydrogen) atoms. The van der Waals surface area contributed by atoms with Gasteiger partial charge in [-0.25, -0.2) is 4.98 Å². The molecule has 5 nitrogen and oxygen atoms in total. The summed E-state index contributed by atoms with van der Waals surface area (Å²) in [6, 6.07) is 1.94. The van der Waals surface area contributed by atoms with Gasteiger partial charge in [-0.05, 0) is 45.4 Å². The molecular formula is C15H26N4O. The summed E-state index contributed by atoms with van der Waals surface area (Å²) in [6.07, 6.45) is 4.28. The SMILES string of the molecule is CCNc1nc(C)cc(NC2(CO)CCC(C)CC2)n1. The minimum atomic E-state index is -0.225. The lowest BCUT2D eigenvalue weighted by atomic mass is 9.77. The Bertz CT molecular complexity index is 441. The molecule has 0 amide bonds. The summed E-state index contributed by atoms with van der Waals surface area (Å²) in [5.41, 5.74) is 0.701. The van der Waals surface area contributed by atoms with Crippen molar-refractivity contribution in [3.63, 3.8) is 0 Å². The van der Waals surface area contributed by atoms with Gasteiger partial charge in [0.1, 0.15) is 5.82 Å². The molecule has 0 aliphatic heterocycles. The van der Waals surface area contributed by atoms with Crippen LogP contribution in [0.15, 0.2) is 6.07 Å². The molecule has 1 aliphatic carbocycles. The highest BCUT2D eigenvalue weighted by atomic mass is 16.3. The van der Waals surface area contributed by atoms with E-state index in [4.69, 9.17) is 0 Å². The predicted octanol–water partition coefficient (Wildman–Crippen LogP) is 2.57. The van der Waals surface area contributed by atoms with Gasteiger partial charge in [-0.2, -0.15) is 4.98 Å². The Morgan fingerprint density at radius 3 is 2.65 bits per heavy atom. The fourth-order valence-corrected chi connectivity index (χ4v) is 2.78. The average Bonchev–Trinajstić information content (AvgIpc) is 2.41. The van der Waals surface area contributed by atoms with Crippen molar-refractivity contribution in [3.05, 3.63) is 11.8 Å². The van der Waals surface area contributed by atoms with Gasteiger partial charge in [0.25, 0.3) is 0 Å². The Hall–Kier alpha value is -1.36. The van der Waals surface area contributed by atoms with E-state index in [1.807, 2.05) is 19.9 Å². The molecule has 112 valence electrons. The average molecular weight is 278 g/mol. The largest absolute Gasteiger partial charge is 0.394 e. The van der Waals surface area contributed by atoms with E-state index in [-0.39, 0.29) is 12.1 Å². The molecule has 0 saturated heterocycles. The zero-order chi connectivity index (χ0) is 14.6. The molecule has 1 aliphatic rings. The number of hydrogen-bond donors (Lipinski definition) is 3. The molecule has 1 aromatic rings. The monoisotopic (exact) mass is 278 g/mol. The Kier molecular flexibility index (Phi) is 4.81. The number of nitrogens with one attached hydrogen (secondary N) is 2. The highest BCUT2D eigenvalue weighted by molar-refractivity contribution is 5.44. The highest BCUT2D eigenvalue weighted by Gasteiger charge is 2.33. The minimum Gasteiger partial charge on any atom is -0.394 e. The van der Waals surface area contributed by atoms with Gasteiger partial charge in [0, 0.05) is 18.3 Å². The van der Waals surface area contributed by atoms with Gasteiger partial charge in [0.2, 0.25) is 5.95 Å². The second-order valence-corrected chi connectivity index (χ2v) is 5.99. The van der Waals surface area contributed by atoms with Crippen LogP contribution in [0.25, 0.3) is 0 Å². The number of anilines is 2. The molecule has 3 N–H and O–H groups in total. The van der Waals surface area contributed by atoms with E-state index in [0.717, 1.165) is 49.7 Å². The lowest BCUT2D eigenvalue weighted by Gasteiger charge is -2.39. The van der Waals surface area contributed by atoms with Crippen molar-refractivity contribution in [2.24, 2.45) is 5.92 Å². The van der Waals surface area contributed by atoms with Crippen molar-refractivity contribution >= 4 is 11.8 Å². The molecule has 0 radical (unpaired) electrons. The number of rotatable bonds is 5. The van der Waals surface area contributed by atoms with Gasteiger partial charge >= 0.3 is 0 Å². The summed E-state index contributed by atoms with van der Waals surface area (Å²) in [7, 11) is 0. The zero-order valence-corrected chi connectivity index (χ0v) is 12.7. The van der Waals surface area contributed by atoms with Crippen molar-refractivity contribution in [3.8, 4) is 0 Å². The van der Waals surface area contributed by atoms with E-state index >= 15 is 0 Å². The first kappa shape index (κ1) is 15.0. The summed E-state index contributed by atoms with van der Waals surface area (Å²) in [5, 5.41) is 16.4. The number of nitrogens with zero attached hydrogens (tertiary/aromatic N) is 2. The van der Waals surface area contributed by atoms with Gasteiger partial charge in [0.05, 0.1) is 12.1 Å². The van der Waals surface area contributed by atoms with Gasteiger partial charge < -0.3 is 15.7 Å². The lowest BCUT2D eigenvalue weighted by molar-refractivity contribution is 0.155. The third-order valence-electron chi connectivity index (χ3n) is 4.12. The van der Waals surface area contributed by atoms with Crippen LogP contribution < -0.4 is 10.6 Å². The van der Waals surface area contributed by atoms with Crippen LogP contribution in [-0.4, -0.2) is 33.8 Å². The number of aliphatic hydroxyl groups excluding tert-OH is 1. The molecule has 0 aromatic carbocycles. The van der Waals surface area contributed by atoms with Crippen LogP contribution in [0.3, 0.4) is 0 Å². The Labute approximate surface area is 121 Å². The van der Waals surface area contributed by atoms with Crippen LogP contribution in [0.2, 0.25) is 0 Å². The molecule has 0 atom stereocenters. The summed E-state index contributed by atoms with van der Waals surface area (Å²) < 4.78 is 0. The molecule has 0 bridgehead atoms. The maximum atomic E-state index is 9.81. The standard InChI is InChI=1S/C15H26N4O/c1-4-16-14-17-12(3)9-13(18-14)19-15(10-20)7-5-11(2)6-8-15/h9,11,20H,4-8,10H2,1-3H3,(H2,16,17,18,19). The predicted molar refractivity (Wildman–Crippen MR) is 82.0 cm³/mol. The topological polar surface area (TPSA) is 70.1 Å². The van der Waals surface area contributed by atoms with Crippen molar-refractivity contribution < 1.29 is 5.11 Å². The molecule has 0 spiro atoms. The fraction of sp³-hybridized carbons (Fsp3) is 0.733. The van der Waals surface area contributed by atoms with E-state index in [2.05, 4.69) is 27.5 Å². The zero-order valence-electron chi connectivity index (χ0n) is 12.7. The van der Waals surface area contributed by atoms with Crippen LogP contribution >= 0.6 is 0 Å². The summed E-state index contributed by atoms with van der Waals surface area (Å²) in [5.74, 6) is 2.20. The molecule has 1 heterocycles. The van der Waals surface area contributed by atoms with Crippen molar-refractivity contribution in [1.29, 1.82) is 0 Å². The molecule has 0 unspecified atom stereocenters. The molecule has 5 heteroatoms. The quantitative estimate of drug-likeness (QED) is 0.772. The van der Waals surface area contributed by atoms with Gasteiger partial charge in [-0.3, -0.25) is 0 Å². The number of aliphatic hydroxyl groups is 1. The van der Waals surface area contributed by atoms with Crippen LogP contribution in [-0.2, 0) is 0 Å². The molecule has 2 rings (SSSR count). The Balaban J connectivity index is 2.14.